The summed E-state index contributed by atoms with van der Waals surface area (Å²) in [5.74, 6) is 0. The Kier molecular flexibility index (Phi) is 4.49. The Balaban J connectivity index is 2.37. The van der Waals surface area contributed by atoms with Gasteiger partial charge in [-0.3, -0.25) is 0 Å². The second-order valence-corrected chi connectivity index (χ2v) is 2.97. The van der Waals surface area contributed by atoms with Gasteiger partial charge in [-0.2, -0.15) is 0 Å². The number of ether oxygens (including phenoxy) is 1. The normalized spacial score (nSPS) is 13.1. The Morgan fingerprint density at radius 3 is 3.00 bits per heavy atom. The molecule has 0 amide bonds. The van der Waals surface area contributed by atoms with Gasteiger partial charge in [0.15, 0.2) is 0 Å². The summed E-state index contributed by atoms with van der Waals surface area (Å²) in [4.78, 5) is 3.99. The molecule has 0 aliphatic heterocycles. The summed E-state index contributed by atoms with van der Waals surface area (Å²) in [5.41, 5.74) is 0. The summed E-state index contributed by atoms with van der Waals surface area (Å²) in [6.45, 7) is 4.69. The van der Waals surface area contributed by atoms with Gasteiger partial charge in [0, 0.05) is 32.1 Å². The van der Waals surface area contributed by atoms with Gasteiger partial charge in [-0.1, -0.05) is 6.92 Å². The zero-order valence-electron chi connectivity index (χ0n) is 8.23. The quantitative estimate of drug-likeness (QED) is 0.698. The Bertz CT molecular complexity index is 205. The van der Waals surface area contributed by atoms with Crippen LogP contribution in [0.3, 0.4) is 0 Å². The van der Waals surface area contributed by atoms with Crippen LogP contribution in [0.4, 0.5) is 0 Å². The summed E-state index contributed by atoms with van der Waals surface area (Å²) in [7, 11) is 1.72. The number of imidazole rings is 1. The van der Waals surface area contributed by atoms with Crippen molar-refractivity contribution in [2.75, 3.05) is 20.3 Å². The summed E-state index contributed by atoms with van der Waals surface area (Å²) in [5, 5.41) is 3.35. The number of hydrogen-bond donors (Lipinski definition) is 1. The van der Waals surface area contributed by atoms with E-state index in [9.17, 15) is 0 Å². The SMILES string of the molecule is CCNC(COC)Cn1ccnc1. The fourth-order valence-corrected chi connectivity index (χ4v) is 1.32. The number of hydrogen-bond acceptors (Lipinski definition) is 3. The van der Waals surface area contributed by atoms with Gasteiger partial charge in [0.2, 0.25) is 0 Å². The van der Waals surface area contributed by atoms with Gasteiger partial charge < -0.3 is 14.6 Å². The molecule has 13 heavy (non-hydrogen) atoms. The average Bonchev–Trinajstić information content (AvgIpc) is 2.58. The van der Waals surface area contributed by atoms with Crippen molar-refractivity contribution < 1.29 is 4.74 Å². The zero-order chi connectivity index (χ0) is 9.52. The number of rotatable bonds is 6. The van der Waals surface area contributed by atoms with E-state index < -0.39 is 0 Å². The second-order valence-electron chi connectivity index (χ2n) is 2.97. The van der Waals surface area contributed by atoms with E-state index >= 15 is 0 Å². The van der Waals surface area contributed by atoms with Crippen LogP contribution in [0.5, 0.6) is 0 Å². The van der Waals surface area contributed by atoms with E-state index in [-0.39, 0.29) is 0 Å². The highest BCUT2D eigenvalue weighted by Gasteiger charge is 2.06. The van der Waals surface area contributed by atoms with Crippen LogP contribution < -0.4 is 5.32 Å². The Labute approximate surface area is 78.9 Å². The van der Waals surface area contributed by atoms with Crippen LogP contribution in [0, 0.1) is 0 Å². The Morgan fingerprint density at radius 1 is 1.62 bits per heavy atom. The predicted molar refractivity (Wildman–Crippen MR) is 51.6 cm³/mol. The summed E-state index contributed by atoms with van der Waals surface area (Å²) >= 11 is 0. The summed E-state index contributed by atoms with van der Waals surface area (Å²) in [6, 6.07) is 0.365. The first-order chi connectivity index (χ1) is 6.36. The molecular formula is C9H17N3O. The number of likely N-dealkylation sites (N-methyl/N-ethyl adjacent to an activating group) is 1. The molecule has 1 aromatic rings. The molecule has 0 aliphatic rings. The van der Waals surface area contributed by atoms with Gasteiger partial charge in [-0.15, -0.1) is 0 Å². The Hall–Kier alpha value is -0.870. The molecule has 0 aliphatic carbocycles. The predicted octanol–water partition coefficient (Wildman–Crippen LogP) is 0.508. The van der Waals surface area contributed by atoms with Crippen LogP contribution >= 0.6 is 0 Å². The van der Waals surface area contributed by atoms with Crippen LogP contribution in [-0.2, 0) is 11.3 Å². The second kappa shape index (κ2) is 5.72. The lowest BCUT2D eigenvalue weighted by Gasteiger charge is -2.16. The first-order valence-electron chi connectivity index (χ1n) is 4.55. The third-order valence-corrected chi connectivity index (χ3v) is 1.85. The van der Waals surface area contributed by atoms with E-state index in [1.165, 1.54) is 0 Å². The smallest absolute Gasteiger partial charge is 0.0946 e. The first-order valence-corrected chi connectivity index (χ1v) is 4.55. The minimum absolute atomic E-state index is 0.365. The van der Waals surface area contributed by atoms with Crippen molar-refractivity contribution in [2.45, 2.75) is 19.5 Å². The maximum absolute atomic E-state index is 5.11. The summed E-state index contributed by atoms with van der Waals surface area (Å²) < 4.78 is 7.16. The molecule has 1 atom stereocenters. The molecule has 1 rings (SSSR count). The van der Waals surface area contributed by atoms with Gasteiger partial charge in [-0.05, 0) is 6.54 Å². The first kappa shape index (κ1) is 10.2. The molecule has 0 bridgehead atoms. The zero-order valence-corrected chi connectivity index (χ0v) is 8.23. The van der Waals surface area contributed by atoms with Crippen molar-refractivity contribution >= 4 is 0 Å². The van der Waals surface area contributed by atoms with Crippen molar-refractivity contribution in [3.05, 3.63) is 18.7 Å². The third-order valence-electron chi connectivity index (χ3n) is 1.85. The molecular weight excluding hydrogens is 166 g/mol. The minimum atomic E-state index is 0.365. The number of nitrogens with one attached hydrogen (secondary N) is 1. The van der Waals surface area contributed by atoms with Crippen molar-refractivity contribution in [1.29, 1.82) is 0 Å². The van der Waals surface area contributed by atoms with Crippen LogP contribution in [0.15, 0.2) is 18.7 Å². The van der Waals surface area contributed by atoms with Crippen LogP contribution in [0.25, 0.3) is 0 Å². The molecule has 0 spiro atoms. The van der Waals surface area contributed by atoms with E-state index in [1.54, 1.807) is 13.3 Å². The fourth-order valence-electron chi connectivity index (χ4n) is 1.32. The molecule has 0 aromatic carbocycles. The lowest BCUT2D eigenvalue weighted by molar-refractivity contribution is 0.159. The molecule has 1 N–H and O–H groups in total. The van der Waals surface area contributed by atoms with E-state index in [1.807, 2.05) is 17.1 Å². The van der Waals surface area contributed by atoms with Crippen molar-refractivity contribution in [3.63, 3.8) is 0 Å². The number of aromatic nitrogens is 2. The molecule has 1 aromatic heterocycles. The van der Waals surface area contributed by atoms with Gasteiger partial charge >= 0.3 is 0 Å². The highest BCUT2D eigenvalue weighted by Crippen LogP contribution is 1.92. The van der Waals surface area contributed by atoms with Gasteiger partial charge in [-0.25, -0.2) is 4.98 Å². The van der Waals surface area contributed by atoms with Gasteiger partial charge in [0.25, 0.3) is 0 Å². The van der Waals surface area contributed by atoms with E-state index in [0.29, 0.717) is 6.04 Å². The Morgan fingerprint density at radius 2 is 2.46 bits per heavy atom. The average molecular weight is 183 g/mol. The van der Waals surface area contributed by atoms with E-state index in [4.69, 9.17) is 4.74 Å². The molecule has 4 heteroatoms. The highest BCUT2D eigenvalue weighted by molar-refractivity contribution is 4.77. The molecule has 0 radical (unpaired) electrons. The number of nitrogens with zero attached hydrogens (tertiary/aromatic N) is 2. The minimum Gasteiger partial charge on any atom is -0.383 e. The van der Waals surface area contributed by atoms with Crippen LogP contribution in [0.2, 0.25) is 0 Å². The lowest BCUT2D eigenvalue weighted by atomic mass is 10.3. The van der Waals surface area contributed by atoms with E-state index in [2.05, 4.69) is 17.2 Å². The van der Waals surface area contributed by atoms with Crippen molar-refractivity contribution in [3.8, 4) is 0 Å². The third kappa shape index (κ3) is 3.57. The largest absolute Gasteiger partial charge is 0.383 e. The van der Waals surface area contributed by atoms with Crippen molar-refractivity contribution in [2.24, 2.45) is 0 Å². The fraction of sp³-hybridized carbons (Fsp3) is 0.667. The number of methoxy groups -OCH3 is 1. The lowest BCUT2D eigenvalue weighted by Crippen LogP contribution is -2.36. The molecule has 0 saturated heterocycles. The van der Waals surface area contributed by atoms with Gasteiger partial charge in [0.05, 0.1) is 12.9 Å². The molecule has 4 nitrogen and oxygen atoms in total. The molecule has 0 saturated carbocycles. The maximum atomic E-state index is 5.11. The van der Waals surface area contributed by atoms with Crippen LogP contribution in [0.1, 0.15) is 6.92 Å². The topological polar surface area (TPSA) is 39.1 Å². The molecule has 74 valence electrons. The molecule has 0 fully saturated rings. The monoisotopic (exact) mass is 183 g/mol. The molecule has 1 unspecified atom stereocenters. The molecule has 1 heterocycles. The van der Waals surface area contributed by atoms with Gasteiger partial charge in [0.1, 0.15) is 0 Å². The van der Waals surface area contributed by atoms with Crippen LogP contribution in [-0.4, -0.2) is 35.9 Å². The highest BCUT2D eigenvalue weighted by atomic mass is 16.5. The maximum Gasteiger partial charge on any atom is 0.0946 e. The van der Waals surface area contributed by atoms with Crippen molar-refractivity contribution in [1.82, 2.24) is 14.9 Å². The summed E-state index contributed by atoms with van der Waals surface area (Å²) in [6.07, 6.45) is 5.57. The van der Waals surface area contributed by atoms with E-state index in [0.717, 1.165) is 19.7 Å². The standard InChI is InChI=1S/C9H17N3O/c1-3-11-9(7-13-2)6-12-5-4-10-8-12/h4-5,8-9,11H,3,6-7H2,1-2H3.